The Morgan fingerprint density at radius 2 is 0.469 bits per heavy atom. The molecule has 0 spiro atoms. The molecule has 0 N–H and O–H groups in total. The highest BCUT2D eigenvalue weighted by Crippen LogP contribution is 2.47. The molecule has 0 heterocycles. The maximum atomic E-state index is 13.1. The third-order valence-corrected chi connectivity index (χ3v) is 18.6. The van der Waals surface area contributed by atoms with E-state index in [0.717, 1.165) is 74.6 Å². The molecule has 2 aliphatic rings. The van der Waals surface area contributed by atoms with E-state index in [-0.39, 0.29) is 34.7 Å². The van der Waals surface area contributed by atoms with Crippen LogP contribution in [0.25, 0.3) is 65.3 Å². The molecular weight excluding hydrogens is 1340 g/mol. The van der Waals surface area contributed by atoms with Gasteiger partial charge in [0.25, 0.3) is 0 Å². The number of benzene rings is 15. The smallest absolute Gasteiger partial charge is 0.194 e. The third kappa shape index (κ3) is 13.1. The SMILES string of the molecule is Brc1ccc(Br)c2ccccc12.N#Cc1ccccc1.O=C(c1ccccc1)c1ccc(C(=O)c2ccccc2)c2ccccc12.O=C(c1ccccc1)c1ccc(C(=O)c2ccccc2)c2ccccc12.O=C1c2ccccc2-c2ccc3c4c(ccc1c24)C(=O)c1ccccc1-3. The van der Waals surface area contributed by atoms with Crippen molar-refractivity contribution in [1.29, 1.82) is 5.26 Å². The molecule has 98 heavy (non-hydrogen) atoms. The van der Waals surface area contributed by atoms with Crippen molar-refractivity contribution < 1.29 is 28.8 Å². The summed E-state index contributed by atoms with van der Waals surface area (Å²) < 4.78 is 2.28. The molecule has 9 heteroatoms. The van der Waals surface area contributed by atoms with Crippen LogP contribution in [-0.4, -0.2) is 34.7 Å². The molecule has 0 fully saturated rings. The van der Waals surface area contributed by atoms with Gasteiger partial charge in [-0.1, -0.05) is 305 Å². The Labute approximate surface area is 582 Å². The molecule has 466 valence electrons. The number of ketones is 6. The number of nitriles is 1. The lowest BCUT2D eigenvalue weighted by Crippen LogP contribution is -2.15. The van der Waals surface area contributed by atoms with Gasteiger partial charge < -0.3 is 0 Å². The fraction of sp³-hybridized carbons (Fsp3) is 0. The zero-order valence-electron chi connectivity index (χ0n) is 52.4. The average Bonchev–Trinajstić information content (AvgIpc) is 0.708. The van der Waals surface area contributed by atoms with Crippen LogP contribution in [0.1, 0.15) is 101 Å². The van der Waals surface area contributed by atoms with E-state index in [1.165, 1.54) is 10.8 Å². The van der Waals surface area contributed by atoms with E-state index in [0.29, 0.717) is 61.2 Å². The third-order valence-electron chi connectivity index (χ3n) is 17.3. The first kappa shape index (κ1) is 64.5. The van der Waals surface area contributed by atoms with Crippen molar-refractivity contribution >= 4 is 110 Å². The lowest BCUT2D eigenvalue weighted by Gasteiger charge is -2.26. The zero-order chi connectivity index (χ0) is 67.7. The monoisotopic (exact) mass is 1390 g/mol. The Hall–Kier alpha value is -12.2. The van der Waals surface area contributed by atoms with Crippen LogP contribution in [0.15, 0.2) is 343 Å². The number of fused-ring (bicyclic) bond motifs is 7. The molecule has 0 unspecified atom stereocenters. The number of hydrogen-bond donors (Lipinski definition) is 0. The van der Waals surface area contributed by atoms with Gasteiger partial charge in [-0.05, 0) is 115 Å². The zero-order valence-corrected chi connectivity index (χ0v) is 55.6. The number of nitrogens with zero attached hydrogens (tertiary/aromatic N) is 1. The molecule has 0 saturated carbocycles. The van der Waals surface area contributed by atoms with Crippen molar-refractivity contribution in [2.45, 2.75) is 0 Å². The normalized spacial score (nSPS) is 11.2. The maximum absolute atomic E-state index is 13.1. The standard InChI is InChI=1S/C24H12O2.2C24H16O2.C10H6Br2.C7H5N/c25-23-17-7-3-1-5-13(17)15-9-10-16-14-6-2-4-8-18(14)24(26)20-12-11-19(23)21(15)22(16)20;2*25-23(17-9-3-1-4-10-17)21-15-16-22(20-14-8-7-13-19(20)21)24(26)18-11-5-2-6-12-18;11-9-5-6-10(12)8-4-2-1-3-7(8)9;8-6-7-4-2-1-3-5-7/h1-12H;2*1-16H;1-6H;1-5H. The second-order valence-electron chi connectivity index (χ2n) is 23.1. The molecular formula is C89H55Br2NO6. The minimum absolute atomic E-state index is 0.0307. The average molecular weight is 1390 g/mol. The number of carbonyl (C=O) groups is 6. The van der Waals surface area contributed by atoms with Crippen LogP contribution in [0.4, 0.5) is 0 Å². The summed E-state index contributed by atoms with van der Waals surface area (Å²) in [4.78, 5) is 77.8. The van der Waals surface area contributed by atoms with Gasteiger partial charge in [-0.25, -0.2) is 0 Å². The first-order chi connectivity index (χ1) is 48.0. The molecule has 7 nitrogen and oxygen atoms in total. The molecule has 2 aliphatic carbocycles. The first-order valence-corrected chi connectivity index (χ1v) is 33.2. The predicted octanol–water partition coefficient (Wildman–Crippen LogP) is 21.8. The number of hydrogen-bond acceptors (Lipinski definition) is 7. The van der Waals surface area contributed by atoms with Crippen molar-refractivity contribution in [3.63, 3.8) is 0 Å². The van der Waals surface area contributed by atoms with E-state index in [2.05, 4.69) is 56.1 Å². The number of rotatable bonds is 8. The second-order valence-corrected chi connectivity index (χ2v) is 24.8. The van der Waals surface area contributed by atoms with E-state index in [1.807, 2.05) is 231 Å². The molecule has 15 aromatic rings. The van der Waals surface area contributed by atoms with Crippen LogP contribution in [0.2, 0.25) is 0 Å². The fourth-order valence-electron chi connectivity index (χ4n) is 12.6. The van der Waals surface area contributed by atoms with Crippen molar-refractivity contribution in [3.05, 3.63) is 415 Å². The van der Waals surface area contributed by atoms with E-state index >= 15 is 0 Å². The Balaban J connectivity index is 0.000000116. The molecule has 0 aliphatic heterocycles. The quantitative estimate of drug-likeness (QED) is 0.139. The fourth-order valence-corrected chi connectivity index (χ4v) is 13.5. The van der Waals surface area contributed by atoms with E-state index in [1.54, 1.807) is 84.9 Å². The topological polar surface area (TPSA) is 126 Å². The Morgan fingerprint density at radius 3 is 0.745 bits per heavy atom. The van der Waals surface area contributed by atoms with Gasteiger partial charge in [0.15, 0.2) is 34.7 Å². The Kier molecular flexibility index (Phi) is 19.2. The first-order valence-electron chi connectivity index (χ1n) is 31.6. The number of carbonyl (C=O) groups excluding carboxylic acids is 6. The van der Waals surface area contributed by atoms with Crippen LogP contribution >= 0.6 is 31.9 Å². The van der Waals surface area contributed by atoms with Gasteiger partial charge >= 0.3 is 0 Å². The van der Waals surface area contributed by atoms with Crippen LogP contribution in [0.3, 0.4) is 0 Å². The van der Waals surface area contributed by atoms with Crippen LogP contribution < -0.4 is 0 Å². The van der Waals surface area contributed by atoms with Crippen molar-refractivity contribution in [1.82, 2.24) is 0 Å². The highest BCUT2D eigenvalue weighted by molar-refractivity contribution is 9.11. The maximum Gasteiger partial charge on any atom is 0.194 e. The lowest BCUT2D eigenvalue weighted by atomic mass is 9.76. The molecule has 0 radical (unpaired) electrons. The highest BCUT2D eigenvalue weighted by Gasteiger charge is 2.32. The summed E-state index contributed by atoms with van der Waals surface area (Å²) in [6.45, 7) is 0. The minimum Gasteiger partial charge on any atom is -0.289 e. The largest absolute Gasteiger partial charge is 0.289 e. The van der Waals surface area contributed by atoms with Gasteiger partial charge in [0.1, 0.15) is 0 Å². The van der Waals surface area contributed by atoms with Gasteiger partial charge in [-0.3, -0.25) is 28.8 Å². The molecule has 0 atom stereocenters. The summed E-state index contributed by atoms with van der Waals surface area (Å²) in [7, 11) is 0. The summed E-state index contributed by atoms with van der Waals surface area (Å²) in [5, 5.41) is 15.8. The summed E-state index contributed by atoms with van der Waals surface area (Å²) >= 11 is 7.02. The van der Waals surface area contributed by atoms with Gasteiger partial charge in [0.05, 0.1) is 11.6 Å². The minimum atomic E-state index is -0.0412. The van der Waals surface area contributed by atoms with Crippen molar-refractivity contribution in [2.24, 2.45) is 0 Å². The van der Waals surface area contributed by atoms with Crippen LogP contribution in [0, 0.1) is 11.3 Å². The summed E-state index contributed by atoms with van der Waals surface area (Å²) in [6, 6.07) is 106. The lowest BCUT2D eigenvalue weighted by molar-refractivity contribution is 0.102. The molecule has 0 amide bonds. The van der Waals surface area contributed by atoms with Gasteiger partial charge in [0.2, 0.25) is 0 Å². The van der Waals surface area contributed by atoms with E-state index < -0.39 is 0 Å². The van der Waals surface area contributed by atoms with E-state index in [9.17, 15) is 28.8 Å². The number of halogens is 2. The van der Waals surface area contributed by atoms with Crippen molar-refractivity contribution in [3.8, 4) is 28.3 Å². The predicted molar refractivity (Wildman–Crippen MR) is 400 cm³/mol. The summed E-state index contributed by atoms with van der Waals surface area (Å²) in [5.41, 5.74) is 12.5. The molecule has 0 aromatic heterocycles. The van der Waals surface area contributed by atoms with E-state index in [4.69, 9.17) is 5.26 Å². The van der Waals surface area contributed by atoms with Gasteiger partial charge in [-0.2, -0.15) is 5.26 Å². The highest BCUT2D eigenvalue weighted by atomic mass is 79.9. The second kappa shape index (κ2) is 29.2. The summed E-state index contributed by atoms with van der Waals surface area (Å²) in [6.07, 6.45) is 0. The Bertz CT molecular complexity index is 5150. The Morgan fingerprint density at radius 1 is 0.235 bits per heavy atom. The van der Waals surface area contributed by atoms with Crippen LogP contribution in [0.5, 0.6) is 0 Å². The molecule has 17 rings (SSSR count). The molecule has 0 bridgehead atoms. The van der Waals surface area contributed by atoms with Crippen molar-refractivity contribution in [2.75, 3.05) is 0 Å². The molecule has 0 saturated heterocycles. The molecule has 15 aromatic carbocycles. The van der Waals surface area contributed by atoms with Gasteiger partial charge in [-0.15, -0.1) is 0 Å². The van der Waals surface area contributed by atoms with Crippen LogP contribution in [-0.2, 0) is 0 Å². The summed E-state index contributed by atoms with van der Waals surface area (Å²) in [5.74, 6) is -0.103. The van der Waals surface area contributed by atoms with Gasteiger partial charge in [0, 0.05) is 86.5 Å².